The van der Waals surface area contributed by atoms with Gasteiger partial charge >= 0.3 is 5.97 Å². The van der Waals surface area contributed by atoms with Gasteiger partial charge in [-0.25, -0.2) is 0 Å². The van der Waals surface area contributed by atoms with Crippen LogP contribution in [-0.4, -0.2) is 11.0 Å². The van der Waals surface area contributed by atoms with Crippen LogP contribution in [0.1, 0.15) is 18.6 Å². The summed E-state index contributed by atoms with van der Waals surface area (Å²) in [6.45, 7) is 1.32. The van der Waals surface area contributed by atoms with Gasteiger partial charge in [0.05, 0.1) is 0 Å². The standard InChI is InChI=1S/C10H9NO2.C6H4/c1-3-10(13-8(2)12)9-5-4-6-11-7-9;1-2-5-4-6(5)3-1/h1,4-7,10H,2H3;1-4H. The molecule has 0 bridgehead atoms. The first-order valence-corrected chi connectivity index (χ1v) is 5.84. The third-order valence-electron chi connectivity index (χ3n) is 2.53. The Morgan fingerprint density at radius 2 is 2.05 bits per heavy atom. The molecule has 1 unspecified atom stereocenters. The molecule has 3 rings (SSSR count). The number of pyridine rings is 1. The molecule has 1 aromatic rings. The van der Waals surface area contributed by atoms with Crippen LogP contribution in [0.3, 0.4) is 0 Å². The fourth-order valence-electron chi connectivity index (χ4n) is 1.57. The SMILES string of the molecule is C#CC(OC(C)=O)c1cccnc1.c1cc2cc-2c1. The van der Waals surface area contributed by atoms with Gasteiger partial charge in [-0.1, -0.05) is 30.2 Å². The fourth-order valence-corrected chi connectivity index (χ4v) is 1.57. The Kier molecular flexibility index (Phi) is 3.94. The zero-order chi connectivity index (χ0) is 13.7. The van der Waals surface area contributed by atoms with Crippen LogP contribution in [0, 0.1) is 12.3 Å². The van der Waals surface area contributed by atoms with E-state index in [2.05, 4.69) is 35.2 Å². The van der Waals surface area contributed by atoms with Gasteiger partial charge in [0, 0.05) is 24.9 Å². The highest BCUT2D eigenvalue weighted by Crippen LogP contribution is 2.32. The van der Waals surface area contributed by atoms with E-state index in [0.29, 0.717) is 5.56 Å². The molecular weight excluding hydrogens is 238 g/mol. The molecule has 0 amide bonds. The summed E-state index contributed by atoms with van der Waals surface area (Å²) >= 11 is 0. The molecule has 1 atom stereocenters. The van der Waals surface area contributed by atoms with Crippen molar-refractivity contribution in [3.05, 3.63) is 54.4 Å². The van der Waals surface area contributed by atoms with E-state index in [1.54, 1.807) is 24.5 Å². The minimum absolute atomic E-state index is 0.396. The molecule has 19 heavy (non-hydrogen) atoms. The van der Waals surface area contributed by atoms with Crippen molar-refractivity contribution in [2.24, 2.45) is 0 Å². The Morgan fingerprint density at radius 1 is 1.32 bits per heavy atom. The summed E-state index contributed by atoms with van der Waals surface area (Å²) in [5, 5.41) is 0. The number of benzene rings is 1. The van der Waals surface area contributed by atoms with Gasteiger partial charge in [-0.2, -0.15) is 0 Å². The lowest BCUT2D eigenvalue weighted by atomic mass is 10.2. The Bertz CT molecular complexity index is 597. The quantitative estimate of drug-likeness (QED) is 0.519. The summed E-state index contributed by atoms with van der Waals surface area (Å²) in [5.74, 6) is 1.97. The molecule has 3 heteroatoms. The van der Waals surface area contributed by atoms with Crippen molar-refractivity contribution in [1.82, 2.24) is 4.98 Å². The van der Waals surface area contributed by atoms with E-state index >= 15 is 0 Å². The van der Waals surface area contributed by atoms with E-state index < -0.39 is 12.1 Å². The summed E-state index contributed by atoms with van der Waals surface area (Å²) in [6, 6.07) is 12.0. The number of hydrogen-bond donors (Lipinski definition) is 0. The van der Waals surface area contributed by atoms with E-state index in [4.69, 9.17) is 11.2 Å². The van der Waals surface area contributed by atoms with Crippen LogP contribution in [0.2, 0.25) is 0 Å². The molecule has 1 heterocycles. The molecule has 0 spiro atoms. The smallest absolute Gasteiger partial charge is 0.304 e. The van der Waals surface area contributed by atoms with Gasteiger partial charge in [0.2, 0.25) is 0 Å². The lowest BCUT2D eigenvalue weighted by Crippen LogP contribution is -2.06. The van der Waals surface area contributed by atoms with Crippen LogP contribution in [-0.2, 0) is 9.53 Å². The first-order valence-electron chi connectivity index (χ1n) is 5.84. The second kappa shape index (κ2) is 5.83. The highest BCUT2D eigenvalue weighted by Gasteiger charge is 2.10. The number of ether oxygens (including phenoxy) is 1. The first kappa shape index (κ1) is 12.8. The first-order chi connectivity index (χ1) is 9.20. The summed E-state index contributed by atoms with van der Waals surface area (Å²) in [5.41, 5.74) is 3.56. The fraction of sp³-hybridized carbons (Fsp3) is 0.125. The number of carbonyl (C=O) groups is 1. The minimum Gasteiger partial charge on any atom is -0.444 e. The molecule has 0 aromatic carbocycles. The number of fused-ring (bicyclic) bond motifs is 1. The van der Waals surface area contributed by atoms with Crippen LogP contribution in [0.5, 0.6) is 0 Å². The molecule has 1 aromatic heterocycles. The number of carbonyl (C=O) groups excluding carboxylic acids is 1. The van der Waals surface area contributed by atoms with E-state index in [9.17, 15) is 4.79 Å². The summed E-state index contributed by atoms with van der Waals surface area (Å²) in [7, 11) is 0. The van der Waals surface area contributed by atoms with Gasteiger partial charge < -0.3 is 4.74 Å². The predicted molar refractivity (Wildman–Crippen MR) is 73.0 cm³/mol. The second-order valence-electron chi connectivity index (χ2n) is 4.02. The van der Waals surface area contributed by atoms with Crippen molar-refractivity contribution in [3.8, 4) is 23.5 Å². The monoisotopic (exact) mass is 251 g/mol. The van der Waals surface area contributed by atoms with Crippen molar-refractivity contribution in [2.45, 2.75) is 13.0 Å². The molecule has 0 saturated carbocycles. The van der Waals surface area contributed by atoms with Gasteiger partial charge in [-0.15, -0.1) is 6.42 Å². The molecule has 0 fully saturated rings. The predicted octanol–water partition coefficient (Wildman–Crippen LogP) is 2.99. The summed E-state index contributed by atoms with van der Waals surface area (Å²) in [6.07, 6.45) is 7.77. The summed E-state index contributed by atoms with van der Waals surface area (Å²) < 4.78 is 4.87. The van der Waals surface area contributed by atoms with Gasteiger partial charge in [0.15, 0.2) is 6.10 Å². The van der Waals surface area contributed by atoms with Crippen LogP contribution in [0.15, 0.2) is 48.8 Å². The largest absolute Gasteiger partial charge is 0.444 e. The van der Waals surface area contributed by atoms with Crippen molar-refractivity contribution >= 4 is 5.97 Å². The molecule has 2 aliphatic carbocycles. The average Bonchev–Trinajstić information content (AvgIpc) is 3.04. The number of esters is 1. The Morgan fingerprint density at radius 3 is 2.42 bits per heavy atom. The maximum absolute atomic E-state index is 10.6. The second-order valence-corrected chi connectivity index (χ2v) is 4.02. The molecule has 94 valence electrons. The minimum atomic E-state index is -0.633. The van der Waals surface area contributed by atoms with Crippen LogP contribution in [0.25, 0.3) is 11.1 Å². The molecule has 0 radical (unpaired) electrons. The van der Waals surface area contributed by atoms with Crippen LogP contribution in [0.4, 0.5) is 0 Å². The highest BCUT2D eigenvalue weighted by atomic mass is 16.5. The number of terminal acetylenes is 1. The van der Waals surface area contributed by atoms with Crippen LogP contribution >= 0.6 is 0 Å². The molecular formula is C16H13NO2. The third kappa shape index (κ3) is 3.68. The molecule has 0 aliphatic heterocycles. The molecule has 3 nitrogen and oxygen atoms in total. The van der Waals surface area contributed by atoms with Crippen molar-refractivity contribution < 1.29 is 9.53 Å². The number of rotatable bonds is 2. The number of aromatic nitrogens is 1. The van der Waals surface area contributed by atoms with Gasteiger partial charge in [0.1, 0.15) is 0 Å². The zero-order valence-electron chi connectivity index (χ0n) is 10.5. The Hall–Kier alpha value is -2.60. The Balaban J connectivity index is 0.000000180. The van der Waals surface area contributed by atoms with Crippen LogP contribution < -0.4 is 0 Å². The molecule has 2 aliphatic rings. The van der Waals surface area contributed by atoms with Gasteiger partial charge in [-0.05, 0) is 23.3 Å². The molecule has 0 saturated heterocycles. The third-order valence-corrected chi connectivity index (χ3v) is 2.53. The normalized spacial score (nSPS) is 11.4. The number of nitrogens with zero attached hydrogens (tertiary/aromatic N) is 1. The maximum Gasteiger partial charge on any atom is 0.304 e. The highest BCUT2D eigenvalue weighted by molar-refractivity contribution is 5.80. The topological polar surface area (TPSA) is 39.2 Å². The lowest BCUT2D eigenvalue weighted by molar-refractivity contribution is -0.144. The van der Waals surface area contributed by atoms with E-state index in [1.807, 2.05) is 0 Å². The van der Waals surface area contributed by atoms with Crippen molar-refractivity contribution in [2.75, 3.05) is 0 Å². The lowest BCUT2D eigenvalue weighted by Gasteiger charge is -2.09. The average molecular weight is 251 g/mol. The van der Waals surface area contributed by atoms with E-state index in [-0.39, 0.29) is 0 Å². The maximum atomic E-state index is 10.6. The van der Waals surface area contributed by atoms with Gasteiger partial charge in [-0.3, -0.25) is 9.78 Å². The molecule has 0 N–H and O–H groups in total. The Labute approximate surface area is 112 Å². The van der Waals surface area contributed by atoms with Gasteiger partial charge in [0.25, 0.3) is 0 Å². The zero-order valence-corrected chi connectivity index (χ0v) is 10.5. The van der Waals surface area contributed by atoms with Crippen molar-refractivity contribution in [1.29, 1.82) is 0 Å². The van der Waals surface area contributed by atoms with E-state index in [1.165, 1.54) is 18.1 Å². The van der Waals surface area contributed by atoms with E-state index in [0.717, 1.165) is 0 Å². The number of hydrogen-bond acceptors (Lipinski definition) is 3. The van der Waals surface area contributed by atoms with Crippen molar-refractivity contribution in [3.63, 3.8) is 0 Å². The summed E-state index contributed by atoms with van der Waals surface area (Å²) in [4.78, 5) is 14.5.